The van der Waals surface area contributed by atoms with E-state index in [9.17, 15) is 9.59 Å². The van der Waals surface area contributed by atoms with Gasteiger partial charge in [0.15, 0.2) is 0 Å². The van der Waals surface area contributed by atoms with Gasteiger partial charge >= 0.3 is 5.97 Å². The van der Waals surface area contributed by atoms with Gasteiger partial charge in [0.1, 0.15) is 0 Å². The molecule has 96 valence electrons. The zero-order valence-corrected chi connectivity index (χ0v) is 10.7. The second kappa shape index (κ2) is 5.21. The van der Waals surface area contributed by atoms with E-state index >= 15 is 0 Å². The fraction of sp³-hybridized carbons (Fsp3) is 0.429. The quantitative estimate of drug-likeness (QED) is 0.464. The molecular weight excluding hydrogens is 230 g/mol. The van der Waals surface area contributed by atoms with Gasteiger partial charge in [-0.2, -0.15) is 0 Å². The molecule has 1 aromatic rings. The highest BCUT2D eigenvalue weighted by Gasteiger charge is 2.24. The molecule has 0 radical (unpaired) electrons. The molecule has 0 fully saturated rings. The number of ether oxygens (including phenoxy) is 1. The summed E-state index contributed by atoms with van der Waals surface area (Å²) < 4.78 is 4.77. The van der Waals surface area contributed by atoms with Gasteiger partial charge in [-0.15, -0.1) is 0 Å². The molecule has 0 aliphatic carbocycles. The Balaban J connectivity index is 2.37. The SMILES string of the molecule is CCOC(=O)C(=O)c1cccc2c1CCCN2C. The van der Waals surface area contributed by atoms with Gasteiger partial charge in [-0.1, -0.05) is 12.1 Å². The monoisotopic (exact) mass is 247 g/mol. The highest BCUT2D eigenvalue weighted by atomic mass is 16.5. The molecule has 0 N–H and O–H groups in total. The minimum Gasteiger partial charge on any atom is -0.460 e. The molecule has 18 heavy (non-hydrogen) atoms. The van der Waals surface area contributed by atoms with E-state index in [4.69, 9.17) is 4.74 Å². The Kier molecular flexibility index (Phi) is 3.65. The Morgan fingerprint density at radius 3 is 2.89 bits per heavy atom. The van der Waals surface area contributed by atoms with Crippen LogP contribution in [0.5, 0.6) is 0 Å². The van der Waals surface area contributed by atoms with Crippen molar-refractivity contribution >= 4 is 17.4 Å². The predicted octanol–water partition coefficient (Wildman–Crippen LogP) is 1.81. The van der Waals surface area contributed by atoms with Gasteiger partial charge in [0.2, 0.25) is 0 Å². The lowest BCUT2D eigenvalue weighted by molar-refractivity contribution is -0.137. The standard InChI is InChI=1S/C14H17NO3/c1-3-18-14(17)13(16)11-6-4-8-12-10(11)7-5-9-15(12)2/h4,6,8H,3,5,7,9H2,1-2H3. The van der Waals surface area contributed by atoms with Crippen molar-refractivity contribution in [2.45, 2.75) is 19.8 Å². The Labute approximate surface area is 107 Å². The molecule has 0 amide bonds. The number of rotatable bonds is 3. The zero-order chi connectivity index (χ0) is 13.1. The Morgan fingerprint density at radius 2 is 2.17 bits per heavy atom. The molecule has 1 heterocycles. The van der Waals surface area contributed by atoms with Gasteiger partial charge in [0, 0.05) is 24.8 Å². The molecule has 1 aliphatic rings. The number of benzene rings is 1. The topological polar surface area (TPSA) is 46.6 Å². The van der Waals surface area contributed by atoms with Gasteiger partial charge in [-0.3, -0.25) is 4.79 Å². The molecule has 4 nitrogen and oxygen atoms in total. The van der Waals surface area contributed by atoms with Gasteiger partial charge in [-0.25, -0.2) is 4.79 Å². The van der Waals surface area contributed by atoms with Crippen LogP contribution in [0, 0.1) is 0 Å². The smallest absolute Gasteiger partial charge is 0.379 e. The number of nitrogens with zero attached hydrogens (tertiary/aromatic N) is 1. The van der Waals surface area contributed by atoms with Crippen LogP contribution < -0.4 is 4.90 Å². The number of hydrogen-bond acceptors (Lipinski definition) is 4. The molecule has 0 spiro atoms. The number of hydrogen-bond donors (Lipinski definition) is 0. The second-order valence-electron chi connectivity index (χ2n) is 4.38. The van der Waals surface area contributed by atoms with Crippen molar-refractivity contribution in [3.05, 3.63) is 29.3 Å². The van der Waals surface area contributed by atoms with E-state index in [-0.39, 0.29) is 6.61 Å². The van der Waals surface area contributed by atoms with E-state index in [1.165, 1.54) is 0 Å². The van der Waals surface area contributed by atoms with Gasteiger partial charge < -0.3 is 9.64 Å². The third-order valence-electron chi connectivity index (χ3n) is 3.19. The van der Waals surface area contributed by atoms with E-state index in [0.29, 0.717) is 5.56 Å². The molecular formula is C14H17NO3. The molecule has 4 heteroatoms. The van der Waals surface area contributed by atoms with E-state index in [0.717, 1.165) is 30.6 Å². The lowest BCUT2D eigenvalue weighted by Crippen LogP contribution is -2.27. The minimum atomic E-state index is -0.765. The normalized spacial score (nSPS) is 14.0. The number of Topliss-reactive ketones (excluding diaryl/α,β-unsaturated/α-hetero) is 1. The lowest BCUT2D eigenvalue weighted by Gasteiger charge is -2.28. The van der Waals surface area contributed by atoms with Crippen LogP contribution in [0.1, 0.15) is 29.3 Å². The van der Waals surface area contributed by atoms with Crippen LogP contribution >= 0.6 is 0 Å². The maximum absolute atomic E-state index is 12.0. The van der Waals surface area contributed by atoms with Crippen molar-refractivity contribution in [1.29, 1.82) is 0 Å². The Hall–Kier alpha value is -1.84. The molecule has 1 aliphatic heterocycles. The van der Waals surface area contributed by atoms with E-state index < -0.39 is 11.8 Å². The van der Waals surface area contributed by atoms with Crippen LogP contribution in [-0.2, 0) is 16.0 Å². The van der Waals surface area contributed by atoms with Crippen molar-refractivity contribution in [3.63, 3.8) is 0 Å². The lowest BCUT2D eigenvalue weighted by atomic mass is 9.94. The van der Waals surface area contributed by atoms with Crippen LogP contribution in [-0.4, -0.2) is 32.0 Å². The largest absolute Gasteiger partial charge is 0.460 e. The van der Waals surface area contributed by atoms with E-state index in [1.807, 2.05) is 19.2 Å². The molecule has 0 unspecified atom stereocenters. The fourth-order valence-corrected chi connectivity index (χ4v) is 2.33. The second-order valence-corrected chi connectivity index (χ2v) is 4.38. The summed E-state index contributed by atoms with van der Waals surface area (Å²) in [5.41, 5.74) is 2.48. The zero-order valence-electron chi connectivity index (χ0n) is 10.7. The molecule has 1 aromatic carbocycles. The molecule has 0 bridgehead atoms. The number of esters is 1. The number of carbonyl (C=O) groups is 2. The highest BCUT2D eigenvalue weighted by molar-refractivity contribution is 6.41. The number of ketones is 1. The summed E-state index contributed by atoms with van der Waals surface area (Å²) in [6, 6.07) is 5.50. The summed E-state index contributed by atoms with van der Waals surface area (Å²) >= 11 is 0. The Bertz CT molecular complexity index is 482. The summed E-state index contributed by atoms with van der Waals surface area (Å²) in [4.78, 5) is 25.7. The summed E-state index contributed by atoms with van der Waals surface area (Å²) in [5, 5.41) is 0. The van der Waals surface area contributed by atoms with Gasteiger partial charge in [-0.05, 0) is 31.4 Å². The van der Waals surface area contributed by atoms with Crippen LogP contribution in [0.25, 0.3) is 0 Å². The molecule has 0 saturated heterocycles. The number of anilines is 1. The van der Waals surface area contributed by atoms with Crippen molar-refractivity contribution in [1.82, 2.24) is 0 Å². The van der Waals surface area contributed by atoms with Gasteiger partial charge in [0.05, 0.1) is 6.61 Å². The van der Waals surface area contributed by atoms with Gasteiger partial charge in [0.25, 0.3) is 5.78 Å². The number of fused-ring (bicyclic) bond motifs is 1. The summed E-state index contributed by atoms with van der Waals surface area (Å²) in [6.45, 7) is 2.89. The highest BCUT2D eigenvalue weighted by Crippen LogP contribution is 2.29. The van der Waals surface area contributed by atoms with Crippen LogP contribution in [0.15, 0.2) is 18.2 Å². The van der Waals surface area contributed by atoms with Crippen molar-refractivity contribution in [2.24, 2.45) is 0 Å². The van der Waals surface area contributed by atoms with E-state index in [2.05, 4.69) is 4.90 Å². The van der Waals surface area contributed by atoms with Crippen molar-refractivity contribution < 1.29 is 14.3 Å². The minimum absolute atomic E-state index is 0.222. The molecule has 0 saturated carbocycles. The maximum atomic E-state index is 12.0. The molecule has 0 atom stereocenters. The first kappa shape index (κ1) is 12.6. The average molecular weight is 247 g/mol. The van der Waals surface area contributed by atoms with Crippen molar-refractivity contribution in [3.8, 4) is 0 Å². The van der Waals surface area contributed by atoms with Crippen LogP contribution in [0.4, 0.5) is 5.69 Å². The van der Waals surface area contributed by atoms with E-state index in [1.54, 1.807) is 13.0 Å². The first-order chi connectivity index (χ1) is 8.65. The number of carbonyl (C=O) groups excluding carboxylic acids is 2. The summed E-state index contributed by atoms with van der Waals surface area (Å²) in [7, 11) is 2.00. The first-order valence-corrected chi connectivity index (χ1v) is 6.19. The van der Waals surface area contributed by atoms with Crippen LogP contribution in [0.3, 0.4) is 0 Å². The third kappa shape index (κ3) is 2.23. The molecule has 0 aromatic heterocycles. The fourth-order valence-electron chi connectivity index (χ4n) is 2.33. The third-order valence-corrected chi connectivity index (χ3v) is 3.19. The molecule has 2 rings (SSSR count). The van der Waals surface area contributed by atoms with Crippen molar-refractivity contribution in [2.75, 3.05) is 25.1 Å². The maximum Gasteiger partial charge on any atom is 0.379 e. The first-order valence-electron chi connectivity index (χ1n) is 6.19. The Morgan fingerprint density at radius 1 is 1.39 bits per heavy atom. The summed E-state index contributed by atoms with van der Waals surface area (Å²) in [5.74, 6) is -1.30. The summed E-state index contributed by atoms with van der Waals surface area (Å²) in [6.07, 6.45) is 1.83. The predicted molar refractivity (Wildman–Crippen MR) is 69.0 cm³/mol. The average Bonchev–Trinajstić information content (AvgIpc) is 2.38. The van der Waals surface area contributed by atoms with Crippen LogP contribution in [0.2, 0.25) is 0 Å².